The van der Waals surface area contributed by atoms with E-state index in [1.54, 1.807) is 0 Å². The smallest absolute Gasteiger partial charge is 0.0716 e. The van der Waals surface area contributed by atoms with Crippen LogP contribution < -0.4 is 0 Å². The molecule has 13 heavy (non-hydrogen) atoms. The normalized spacial score (nSPS) is 12.0. The molecular formula is C10H21IO2. The molecule has 0 aromatic carbocycles. The highest BCUT2D eigenvalue weighted by atomic mass is 127. The number of hydrogen-bond donors (Lipinski definition) is 0. The maximum Gasteiger partial charge on any atom is 0.0716 e. The maximum absolute atomic E-state index is 5.63. The van der Waals surface area contributed by atoms with Crippen LogP contribution in [0.25, 0.3) is 0 Å². The average molecular weight is 300 g/mol. The van der Waals surface area contributed by atoms with Gasteiger partial charge in [0, 0.05) is 11.0 Å². The Labute approximate surface area is 95.5 Å². The Morgan fingerprint density at radius 3 is 2.38 bits per heavy atom. The Balaban J connectivity index is 3.16. The van der Waals surface area contributed by atoms with E-state index in [1.165, 1.54) is 6.42 Å². The first kappa shape index (κ1) is 13.7. The highest BCUT2D eigenvalue weighted by Crippen LogP contribution is 2.11. The third-order valence-corrected chi connectivity index (χ3v) is 3.52. The molecule has 3 heteroatoms. The van der Waals surface area contributed by atoms with Gasteiger partial charge in [0.25, 0.3) is 0 Å². The van der Waals surface area contributed by atoms with Gasteiger partial charge in [0.1, 0.15) is 0 Å². The molecule has 0 amide bonds. The Morgan fingerprint density at radius 2 is 1.85 bits per heavy atom. The number of rotatable bonds is 8. The monoisotopic (exact) mass is 300 g/mol. The van der Waals surface area contributed by atoms with Crippen LogP contribution in [-0.2, 0) is 9.47 Å². The molecule has 2 nitrogen and oxygen atoms in total. The van der Waals surface area contributed by atoms with E-state index in [-0.39, 0.29) is 5.60 Å². The minimum atomic E-state index is -0.00528. The minimum Gasteiger partial charge on any atom is -0.379 e. The van der Waals surface area contributed by atoms with Crippen molar-refractivity contribution in [3.8, 4) is 0 Å². The van der Waals surface area contributed by atoms with Gasteiger partial charge < -0.3 is 9.47 Å². The van der Waals surface area contributed by atoms with Crippen molar-refractivity contribution in [3.63, 3.8) is 0 Å². The molecule has 0 aliphatic rings. The quantitative estimate of drug-likeness (QED) is 0.390. The second kappa shape index (κ2) is 8.00. The minimum absolute atomic E-state index is 0.00528. The van der Waals surface area contributed by atoms with Gasteiger partial charge >= 0.3 is 0 Å². The zero-order valence-corrected chi connectivity index (χ0v) is 11.1. The topological polar surface area (TPSA) is 18.5 Å². The van der Waals surface area contributed by atoms with Crippen molar-refractivity contribution >= 4 is 22.6 Å². The maximum atomic E-state index is 5.63. The molecule has 0 aromatic rings. The van der Waals surface area contributed by atoms with Crippen molar-refractivity contribution in [2.24, 2.45) is 0 Å². The van der Waals surface area contributed by atoms with Gasteiger partial charge in [-0.2, -0.15) is 0 Å². The van der Waals surface area contributed by atoms with E-state index in [0.717, 1.165) is 24.1 Å². The highest BCUT2D eigenvalue weighted by molar-refractivity contribution is 14.1. The van der Waals surface area contributed by atoms with Crippen molar-refractivity contribution < 1.29 is 9.47 Å². The SMILES string of the molecule is CCCCOCCOC(C)(C)CI. The van der Waals surface area contributed by atoms with Crippen LogP contribution in [0.4, 0.5) is 0 Å². The third kappa shape index (κ3) is 8.97. The summed E-state index contributed by atoms with van der Waals surface area (Å²) in [6.45, 7) is 8.67. The van der Waals surface area contributed by atoms with Gasteiger partial charge in [-0.25, -0.2) is 0 Å². The Morgan fingerprint density at radius 1 is 1.15 bits per heavy atom. The first-order valence-electron chi connectivity index (χ1n) is 4.90. The fourth-order valence-electron chi connectivity index (χ4n) is 0.764. The predicted molar refractivity (Wildman–Crippen MR) is 64.6 cm³/mol. The van der Waals surface area contributed by atoms with Gasteiger partial charge in [0.15, 0.2) is 0 Å². The van der Waals surface area contributed by atoms with Crippen molar-refractivity contribution in [1.82, 2.24) is 0 Å². The van der Waals surface area contributed by atoms with E-state index in [9.17, 15) is 0 Å². The predicted octanol–water partition coefficient (Wildman–Crippen LogP) is 3.03. The Bertz CT molecular complexity index is 115. The summed E-state index contributed by atoms with van der Waals surface area (Å²) in [4.78, 5) is 0. The van der Waals surface area contributed by atoms with Crippen molar-refractivity contribution in [2.75, 3.05) is 24.2 Å². The number of hydrogen-bond acceptors (Lipinski definition) is 2. The average Bonchev–Trinajstić information content (AvgIpc) is 2.11. The summed E-state index contributed by atoms with van der Waals surface area (Å²) in [5, 5.41) is 0. The molecule has 0 saturated carbocycles. The standard InChI is InChI=1S/C10H21IO2/c1-4-5-6-12-7-8-13-10(2,3)9-11/h4-9H2,1-3H3. The van der Waals surface area contributed by atoms with Gasteiger partial charge in [-0.3, -0.25) is 0 Å². The Kier molecular flexibility index (Phi) is 8.40. The highest BCUT2D eigenvalue weighted by Gasteiger charge is 2.15. The molecule has 0 rings (SSSR count). The van der Waals surface area contributed by atoms with Crippen LogP contribution in [0.5, 0.6) is 0 Å². The molecule has 0 aliphatic carbocycles. The van der Waals surface area contributed by atoms with Crippen LogP contribution in [0, 0.1) is 0 Å². The van der Waals surface area contributed by atoms with Crippen LogP contribution in [0.15, 0.2) is 0 Å². The molecule has 0 N–H and O–H groups in total. The van der Waals surface area contributed by atoms with Crippen LogP contribution in [0.1, 0.15) is 33.6 Å². The lowest BCUT2D eigenvalue weighted by Gasteiger charge is -2.22. The van der Waals surface area contributed by atoms with Crippen molar-refractivity contribution in [1.29, 1.82) is 0 Å². The molecule has 80 valence electrons. The summed E-state index contributed by atoms with van der Waals surface area (Å²) < 4.78 is 12.0. The molecule has 0 aliphatic heterocycles. The summed E-state index contributed by atoms with van der Waals surface area (Å²) >= 11 is 2.34. The van der Waals surface area contributed by atoms with Crippen LogP contribution in [0.3, 0.4) is 0 Å². The molecule has 0 fully saturated rings. The van der Waals surface area contributed by atoms with E-state index in [2.05, 4.69) is 43.4 Å². The fraction of sp³-hybridized carbons (Fsp3) is 1.00. The first-order chi connectivity index (χ1) is 6.12. The van der Waals surface area contributed by atoms with Crippen molar-refractivity contribution in [2.45, 2.75) is 39.2 Å². The van der Waals surface area contributed by atoms with E-state index < -0.39 is 0 Å². The molecular weight excluding hydrogens is 279 g/mol. The van der Waals surface area contributed by atoms with Gasteiger partial charge in [-0.1, -0.05) is 35.9 Å². The fourth-order valence-corrected chi connectivity index (χ4v) is 0.984. The summed E-state index contributed by atoms with van der Waals surface area (Å²) in [5.74, 6) is 0. The van der Waals surface area contributed by atoms with Crippen LogP contribution in [0.2, 0.25) is 0 Å². The van der Waals surface area contributed by atoms with Gasteiger partial charge in [-0.05, 0) is 20.3 Å². The third-order valence-electron chi connectivity index (χ3n) is 1.68. The summed E-state index contributed by atoms with van der Waals surface area (Å²) in [7, 11) is 0. The zero-order chi connectivity index (χ0) is 10.2. The van der Waals surface area contributed by atoms with E-state index in [4.69, 9.17) is 9.47 Å². The van der Waals surface area contributed by atoms with Gasteiger partial charge in [0.2, 0.25) is 0 Å². The summed E-state index contributed by atoms with van der Waals surface area (Å²) in [6, 6.07) is 0. The summed E-state index contributed by atoms with van der Waals surface area (Å²) in [5.41, 5.74) is -0.00528. The second-order valence-corrected chi connectivity index (χ2v) is 4.47. The van der Waals surface area contributed by atoms with E-state index in [1.807, 2.05) is 0 Å². The Hall–Kier alpha value is 0.650. The zero-order valence-electron chi connectivity index (χ0n) is 8.94. The lowest BCUT2D eigenvalue weighted by molar-refractivity contribution is -0.0306. The van der Waals surface area contributed by atoms with Crippen LogP contribution in [-0.4, -0.2) is 29.8 Å². The number of unbranched alkanes of at least 4 members (excludes halogenated alkanes) is 1. The molecule has 0 radical (unpaired) electrons. The molecule has 0 heterocycles. The van der Waals surface area contributed by atoms with E-state index >= 15 is 0 Å². The lowest BCUT2D eigenvalue weighted by Crippen LogP contribution is -2.27. The molecule has 0 bridgehead atoms. The van der Waals surface area contributed by atoms with Crippen LogP contribution >= 0.6 is 22.6 Å². The summed E-state index contributed by atoms with van der Waals surface area (Å²) in [6.07, 6.45) is 2.34. The number of alkyl halides is 1. The molecule has 0 saturated heterocycles. The van der Waals surface area contributed by atoms with Crippen molar-refractivity contribution in [3.05, 3.63) is 0 Å². The first-order valence-corrected chi connectivity index (χ1v) is 6.42. The number of halogens is 1. The number of ether oxygens (including phenoxy) is 2. The van der Waals surface area contributed by atoms with E-state index in [0.29, 0.717) is 6.61 Å². The second-order valence-electron chi connectivity index (χ2n) is 3.71. The van der Waals surface area contributed by atoms with Gasteiger partial charge in [-0.15, -0.1) is 0 Å². The molecule has 0 unspecified atom stereocenters. The molecule has 0 aromatic heterocycles. The largest absolute Gasteiger partial charge is 0.379 e. The lowest BCUT2D eigenvalue weighted by atomic mass is 10.2. The molecule has 0 atom stereocenters. The molecule has 0 spiro atoms. The van der Waals surface area contributed by atoms with Gasteiger partial charge in [0.05, 0.1) is 18.8 Å².